The molecule has 720 valence electrons. The molecule has 16 atom stereocenters. The van der Waals surface area contributed by atoms with E-state index in [1.165, 1.54) is 30.2 Å². The van der Waals surface area contributed by atoms with Crippen molar-refractivity contribution in [2.24, 2.45) is 35.5 Å². The third-order valence-corrected chi connectivity index (χ3v) is 26.1. The van der Waals surface area contributed by atoms with Crippen LogP contribution in [-0.4, -0.2) is 306 Å². The first kappa shape index (κ1) is 106. The number of piperidine rings is 1. The second-order valence-corrected chi connectivity index (χ2v) is 36.4. The number of nitrogen functional groups attached to an aromatic ring is 1. The van der Waals surface area contributed by atoms with Crippen molar-refractivity contribution in [1.82, 2.24) is 25.4 Å². The highest BCUT2D eigenvalue weighted by molar-refractivity contribution is 7.91. The third kappa shape index (κ3) is 34.2. The van der Waals surface area contributed by atoms with Gasteiger partial charge in [0.1, 0.15) is 48.6 Å². The summed E-state index contributed by atoms with van der Waals surface area (Å²) in [6, 6.07) is 12.6. The van der Waals surface area contributed by atoms with Gasteiger partial charge < -0.3 is 113 Å². The molecule has 0 radical (unpaired) electrons. The van der Waals surface area contributed by atoms with E-state index < -0.39 is 118 Å². The van der Waals surface area contributed by atoms with Gasteiger partial charge in [0, 0.05) is 107 Å². The molecule has 4 aliphatic heterocycles. The number of aliphatic hydroxyl groups is 3. The fourth-order valence-corrected chi connectivity index (χ4v) is 17.9. The number of alkyl carbamates (subject to hydrolysis) is 1. The summed E-state index contributed by atoms with van der Waals surface area (Å²) < 4.78 is 113. The summed E-state index contributed by atoms with van der Waals surface area (Å²) in [6.07, 6.45) is 10.5. The molecular formula is C95H142N6O27S. The summed E-state index contributed by atoms with van der Waals surface area (Å²) in [6.45, 7) is 20.7. The van der Waals surface area contributed by atoms with Gasteiger partial charge in [0.05, 0.1) is 147 Å². The maximum absolute atomic E-state index is 14.8. The van der Waals surface area contributed by atoms with E-state index >= 15 is 0 Å². The fraction of sp³-hybridized carbons (Fsp3) is 0.663. The molecule has 3 aromatic rings. The number of cyclic esters (lactones) is 1. The average Bonchev–Trinajstić information content (AvgIpc) is 1.08. The SMILES string of the molecule is CO[C@H]1C[C@@H]2CC[C@@H](C)[C@@](O)(O2)C(=O)C(=O)N2CCCC[C@H]2C(=O)O[C@H]([C@H](C)C[C@@H]2CC[C@@H](OC(=O)NCCOCCOCCOCCOCCOCCOCCOCCOCCC(=O)NCCS(=O)(=O)c3ccc(C(=O)N4CCOc5ccc(-c6ccc(N)nc6)cc5C4)c(C)c3)[C@H](OC)C2)C[C@@H](O)[C@H](C)/C=C(\C)[C@@H](O)[C@@H](OC)C(=O)[C@H](C)C[C@H](C)/C=C/C=CC=C1C. The van der Waals surface area contributed by atoms with Crippen molar-refractivity contribution in [2.75, 3.05) is 171 Å². The second kappa shape index (κ2) is 55.5. The van der Waals surface area contributed by atoms with Crippen LogP contribution < -0.4 is 21.1 Å². The van der Waals surface area contributed by atoms with E-state index in [0.717, 1.165) is 22.3 Å². The Balaban J connectivity index is 0.643. The van der Waals surface area contributed by atoms with Gasteiger partial charge in [-0.1, -0.05) is 77.1 Å². The molecule has 5 aliphatic rings. The summed E-state index contributed by atoms with van der Waals surface area (Å²) in [7, 11) is 0.722. The number of hydrogen-bond acceptors (Lipinski definition) is 29. The number of esters is 1. The van der Waals surface area contributed by atoms with E-state index in [-0.39, 0.29) is 112 Å². The van der Waals surface area contributed by atoms with Crippen LogP contribution in [0.5, 0.6) is 5.75 Å². The number of carbonyl (C=O) groups is 7. The minimum Gasteiger partial charge on any atom is -0.491 e. The summed E-state index contributed by atoms with van der Waals surface area (Å²) in [4.78, 5) is 104. The first-order valence-electron chi connectivity index (χ1n) is 45.5. The van der Waals surface area contributed by atoms with Gasteiger partial charge in [-0.05, 0) is 167 Å². The minimum absolute atomic E-state index is 0.00203. The van der Waals surface area contributed by atoms with E-state index in [9.17, 15) is 57.3 Å². The Hall–Kier alpha value is -8.01. The number of allylic oxidation sites excluding steroid dienone is 5. The Morgan fingerprint density at radius 2 is 1.33 bits per heavy atom. The van der Waals surface area contributed by atoms with Gasteiger partial charge in [-0.3, -0.25) is 24.0 Å². The Labute approximate surface area is 760 Å². The highest BCUT2D eigenvalue weighted by Gasteiger charge is 2.53. The van der Waals surface area contributed by atoms with E-state index in [1.807, 2.05) is 82.3 Å². The van der Waals surface area contributed by atoms with Gasteiger partial charge in [-0.2, -0.15) is 0 Å². The molecule has 129 heavy (non-hydrogen) atoms. The topological polar surface area (TPSA) is 422 Å². The molecule has 2 aromatic carbocycles. The number of ketones is 2. The first-order valence-corrected chi connectivity index (χ1v) is 47.2. The van der Waals surface area contributed by atoms with Crippen LogP contribution in [0.15, 0.2) is 107 Å². The second-order valence-electron chi connectivity index (χ2n) is 34.3. The molecule has 4 amide bonds. The number of anilines is 1. The molecular weight excluding hydrogens is 1690 g/mol. The lowest BCUT2D eigenvalue weighted by atomic mass is 9.78. The summed E-state index contributed by atoms with van der Waals surface area (Å²) in [5.41, 5.74) is 10.5. The van der Waals surface area contributed by atoms with Crippen molar-refractivity contribution >= 4 is 57.0 Å². The summed E-state index contributed by atoms with van der Waals surface area (Å²) in [5.74, 6) is -7.80. The zero-order chi connectivity index (χ0) is 93.4. The number of Topliss-reactive ketones (excluding diaryl/α,β-unsaturated/α-hetero) is 2. The quantitative estimate of drug-likeness (QED) is 0.0134. The molecule has 3 fully saturated rings. The number of nitrogens with zero attached hydrogens (tertiary/aromatic N) is 3. The Morgan fingerprint density at radius 3 is 1.95 bits per heavy atom. The molecule has 34 heteroatoms. The standard InChI is InChI=1S/C95H142N6O27S/c1-63-17-13-12-14-18-64(2)82(114-9)59-75-24-20-70(8)95(111,128-75)90(106)92(108)101-33-16-15-19-78(101)93(109)126-83(60-79(102)66(4)54-69(7)88(105)89(116-11)87(104)68(6)53-63)67(5)55-71-21-27-81(84(57-71)115-10)127-94(110)98-31-36-118-39-41-120-43-45-122-47-49-124-51-50-123-48-46-121-44-42-119-40-38-117-35-30-86(103)97-32-52-129(112,113)76-25-26-77(65(3)56-76)91(107)100-34-37-125-80-28-22-72(58-74(80)62-100)73-23-29-85(96)99-61-73/h12-14,17-18,22-23,25-26,28-29,54,56,58,61,63,66-68,70-71,75,78-79,81-84,88-89,102,105,111H,15-16,19-21,24,27,30-53,55,57,59-60,62H2,1-11H3,(H2,96,99)(H,97,103)(H,98,110)/b14-12?,17-13+,64-18?,69-54+/t63-,66-,67-,68-,70-,71+,75+,78+,79-,81-,82+,83+,84-,88-,89+,95-/m1/s1. The van der Waals surface area contributed by atoms with E-state index in [0.29, 0.717) is 185 Å². The van der Waals surface area contributed by atoms with Crippen LogP contribution in [0.2, 0.25) is 0 Å². The molecule has 5 heterocycles. The predicted octanol–water partition coefficient (Wildman–Crippen LogP) is 8.81. The molecule has 8 rings (SSSR count). The Morgan fingerprint density at radius 1 is 0.674 bits per heavy atom. The van der Waals surface area contributed by atoms with E-state index in [4.69, 9.17) is 76.8 Å². The predicted molar refractivity (Wildman–Crippen MR) is 480 cm³/mol. The monoisotopic (exact) mass is 1830 g/mol. The van der Waals surface area contributed by atoms with Crippen molar-refractivity contribution < 1.29 is 128 Å². The number of pyridine rings is 1. The van der Waals surface area contributed by atoms with Gasteiger partial charge in [-0.15, -0.1) is 0 Å². The van der Waals surface area contributed by atoms with Crippen molar-refractivity contribution in [1.29, 1.82) is 0 Å². The van der Waals surface area contributed by atoms with Gasteiger partial charge >= 0.3 is 12.1 Å². The lowest BCUT2D eigenvalue weighted by molar-refractivity contribution is -0.265. The van der Waals surface area contributed by atoms with Crippen molar-refractivity contribution in [3.8, 4) is 16.9 Å². The molecule has 2 bridgehead atoms. The van der Waals surface area contributed by atoms with Crippen molar-refractivity contribution in [2.45, 2.75) is 211 Å². The number of ether oxygens (including phenoxy) is 15. The number of carbonyl (C=O) groups excluding carboxylic acids is 7. The summed E-state index contributed by atoms with van der Waals surface area (Å²) in [5, 5.41) is 41.3. The van der Waals surface area contributed by atoms with E-state index in [1.54, 1.807) is 65.2 Å². The lowest BCUT2D eigenvalue weighted by Crippen LogP contribution is -2.61. The highest BCUT2D eigenvalue weighted by atomic mass is 32.2. The lowest BCUT2D eigenvalue weighted by Gasteiger charge is -2.43. The van der Waals surface area contributed by atoms with Crippen LogP contribution in [0.25, 0.3) is 11.1 Å². The molecule has 0 spiro atoms. The highest BCUT2D eigenvalue weighted by Crippen LogP contribution is 2.40. The van der Waals surface area contributed by atoms with Crippen molar-refractivity contribution in [3.63, 3.8) is 0 Å². The number of rotatable bonds is 40. The average molecular weight is 1830 g/mol. The fourth-order valence-electron chi connectivity index (χ4n) is 16.7. The van der Waals surface area contributed by atoms with Gasteiger partial charge in [0.2, 0.25) is 11.7 Å². The molecule has 2 saturated heterocycles. The number of benzene rings is 2. The molecule has 0 unspecified atom stereocenters. The zero-order valence-corrected chi connectivity index (χ0v) is 78.1. The number of aryl methyl sites for hydroxylation is 1. The normalized spacial score (nSPS) is 26.7. The van der Waals surface area contributed by atoms with Gasteiger partial charge in [0.25, 0.3) is 17.6 Å². The number of amides is 4. The number of methoxy groups -OCH3 is 3. The Bertz CT molecular complexity index is 4250. The number of aromatic nitrogens is 1. The first-order chi connectivity index (χ1) is 61.9. The summed E-state index contributed by atoms with van der Waals surface area (Å²) >= 11 is 0. The minimum atomic E-state index is -3.79. The van der Waals surface area contributed by atoms with Crippen LogP contribution in [-0.2, 0) is 107 Å². The number of nitrogens with one attached hydrogen (secondary N) is 2. The van der Waals surface area contributed by atoms with Crippen LogP contribution in [0.1, 0.15) is 153 Å². The van der Waals surface area contributed by atoms with Crippen LogP contribution in [0.3, 0.4) is 0 Å². The molecule has 1 aliphatic carbocycles. The van der Waals surface area contributed by atoms with Gasteiger partial charge in [0.15, 0.2) is 15.6 Å². The number of hydrogen-bond donors (Lipinski definition) is 6. The third-order valence-electron chi connectivity index (χ3n) is 24.4. The number of nitrogens with two attached hydrogens (primary N) is 1. The maximum atomic E-state index is 14.8. The molecule has 1 aromatic heterocycles. The largest absolute Gasteiger partial charge is 0.491 e. The smallest absolute Gasteiger partial charge is 0.407 e. The van der Waals surface area contributed by atoms with Gasteiger partial charge in [-0.25, -0.2) is 23.0 Å². The number of sulfone groups is 1. The van der Waals surface area contributed by atoms with E-state index in [2.05, 4.69) is 15.6 Å². The molecule has 7 N–H and O–H groups in total. The number of aliphatic hydroxyl groups excluding tert-OH is 2. The van der Waals surface area contributed by atoms with Crippen LogP contribution >= 0.6 is 0 Å². The molecule has 33 nitrogen and oxygen atoms in total. The number of fused-ring (bicyclic) bond motifs is 4. The van der Waals surface area contributed by atoms with Crippen LogP contribution in [0.4, 0.5) is 10.6 Å². The zero-order valence-electron chi connectivity index (χ0n) is 77.2. The van der Waals surface area contributed by atoms with Crippen LogP contribution in [0, 0.1) is 42.4 Å². The van der Waals surface area contributed by atoms with Crippen molar-refractivity contribution in [3.05, 3.63) is 119 Å². The molecule has 1 saturated carbocycles. The maximum Gasteiger partial charge on any atom is 0.407 e. The Kier molecular flexibility index (Phi) is 45.7.